The average Bonchev–Trinajstić information content (AvgIpc) is 2.30. The third-order valence-corrected chi connectivity index (χ3v) is 3.81. The molecule has 7 heteroatoms. The largest absolute Gasteiger partial charge is 0.323 e. The second-order valence-corrected chi connectivity index (χ2v) is 5.57. The summed E-state index contributed by atoms with van der Waals surface area (Å²) in [7, 11) is 0. The van der Waals surface area contributed by atoms with E-state index in [2.05, 4.69) is 26.2 Å². The van der Waals surface area contributed by atoms with Crippen LogP contribution in [0.3, 0.4) is 0 Å². The molecule has 0 saturated heterocycles. The fourth-order valence-corrected chi connectivity index (χ4v) is 2.04. The maximum absolute atomic E-state index is 11.7. The van der Waals surface area contributed by atoms with E-state index in [-0.39, 0.29) is 5.91 Å². The molecule has 0 saturated carbocycles. The van der Waals surface area contributed by atoms with Crippen molar-refractivity contribution < 1.29 is 4.79 Å². The fraction of sp³-hybridized carbons (Fsp3) is 0.400. The molecule has 1 atom stereocenters. The monoisotopic (exact) mass is 337 g/mol. The van der Waals surface area contributed by atoms with Crippen LogP contribution in [0.25, 0.3) is 0 Å². The molecular weight excluding hydrogens is 326 g/mol. The number of nitrogens with zero attached hydrogens (tertiary/aromatic N) is 1. The molecule has 0 aromatic carbocycles. The predicted molar refractivity (Wildman–Crippen MR) is 76.6 cm³/mol. The van der Waals surface area contributed by atoms with E-state index in [1.165, 1.54) is 6.20 Å². The number of anilines is 1. The van der Waals surface area contributed by atoms with Crippen molar-refractivity contribution in [2.75, 3.05) is 17.3 Å². The van der Waals surface area contributed by atoms with Crippen molar-refractivity contribution in [3.05, 3.63) is 21.9 Å². The Bertz CT molecular complexity index is 405. The molecule has 0 bridgehead atoms. The standard InChI is InChI=1S/C10H13BrClN3OS/c1-17-3-2-8(13)10(16)15-6-4-7(11)9(12)14-5-6/h4-5,8H,2-3,13H2,1H3,(H,15,16)/t8-/m0/s1. The molecule has 0 aliphatic heterocycles. The van der Waals surface area contributed by atoms with Crippen LogP contribution >= 0.6 is 39.3 Å². The van der Waals surface area contributed by atoms with Gasteiger partial charge in [-0.1, -0.05) is 11.6 Å². The Labute approximate surface area is 118 Å². The number of rotatable bonds is 5. The van der Waals surface area contributed by atoms with Crippen molar-refractivity contribution in [3.63, 3.8) is 0 Å². The number of thioether (sulfide) groups is 1. The molecule has 4 nitrogen and oxygen atoms in total. The summed E-state index contributed by atoms with van der Waals surface area (Å²) in [6, 6.07) is 1.19. The molecule has 1 heterocycles. The van der Waals surface area contributed by atoms with E-state index in [0.717, 1.165) is 5.75 Å². The SMILES string of the molecule is CSCC[C@H](N)C(=O)Nc1cnc(Cl)c(Br)c1. The lowest BCUT2D eigenvalue weighted by atomic mass is 10.2. The number of nitrogens with two attached hydrogens (primary N) is 1. The lowest BCUT2D eigenvalue weighted by Crippen LogP contribution is -2.36. The quantitative estimate of drug-likeness (QED) is 0.810. The van der Waals surface area contributed by atoms with Gasteiger partial charge in [0.25, 0.3) is 0 Å². The second kappa shape index (κ2) is 7.20. The molecule has 1 amide bonds. The van der Waals surface area contributed by atoms with Crippen LogP contribution in [0.2, 0.25) is 5.15 Å². The van der Waals surface area contributed by atoms with Gasteiger partial charge >= 0.3 is 0 Å². The van der Waals surface area contributed by atoms with E-state index in [0.29, 0.717) is 21.7 Å². The van der Waals surface area contributed by atoms with Crippen molar-refractivity contribution in [2.45, 2.75) is 12.5 Å². The van der Waals surface area contributed by atoms with Gasteiger partial charge in [0, 0.05) is 0 Å². The molecule has 17 heavy (non-hydrogen) atoms. The Balaban J connectivity index is 2.58. The van der Waals surface area contributed by atoms with E-state index in [1.807, 2.05) is 6.26 Å². The van der Waals surface area contributed by atoms with Gasteiger partial charge in [-0.3, -0.25) is 4.79 Å². The van der Waals surface area contributed by atoms with Gasteiger partial charge in [0.2, 0.25) is 5.91 Å². The molecule has 0 unspecified atom stereocenters. The van der Waals surface area contributed by atoms with E-state index < -0.39 is 6.04 Å². The minimum Gasteiger partial charge on any atom is -0.323 e. The first-order valence-electron chi connectivity index (χ1n) is 4.91. The minimum atomic E-state index is -0.503. The maximum Gasteiger partial charge on any atom is 0.241 e. The molecule has 0 radical (unpaired) electrons. The van der Waals surface area contributed by atoms with E-state index in [9.17, 15) is 4.79 Å². The molecule has 1 aromatic heterocycles. The summed E-state index contributed by atoms with van der Waals surface area (Å²) in [5.41, 5.74) is 6.31. The van der Waals surface area contributed by atoms with Gasteiger partial charge in [0.1, 0.15) is 5.15 Å². The van der Waals surface area contributed by atoms with Gasteiger partial charge in [-0.25, -0.2) is 4.98 Å². The molecule has 0 spiro atoms. The highest BCUT2D eigenvalue weighted by Crippen LogP contribution is 2.22. The van der Waals surface area contributed by atoms with Gasteiger partial charge in [0.15, 0.2) is 0 Å². The summed E-state index contributed by atoms with van der Waals surface area (Å²) in [4.78, 5) is 15.6. The smallest absolute Gasteiger partial charge is 0.241 e. The number of halogens is 2. The van der Waals surface area contributed by atoms with Crippen molar-refractivity contribution in [1.82, 2.24) is 4.98 Å². The molecule has 94 valence electrons. The zero-order chi connectivity index (χ0) is 12.8. The van der Waals surface area contributed by atoms with E-state index >= 15 is 0 Å². The minimum absolute atomic E-state index is 0.213. The normalized spacial score (nSPS) is 12.2. The number of carbonyl (C=O) groups is 1. The molecular formula is C10H13BrClN3OS. The highest BCUT2D eigenvalue weighted by atomic mass is 79.9. The number of hydrogen-bond donors (Lipinski definition) is 2. The zero-order valence-electron chi connectivity index (χ0n) is 9.24. The summed E-state index contributed by atoms with van der Waals surface area (Å²) < 4.78 is 0.634. The third kappa shape index (κ3) is 4.83. The van der Waals surface area contributed by atoms with Crippen LogP contribution in [-0.2, 0) is 4.79 Å². The van der Waals surface area contributed by atoms with E-state index in [4.69, 9.17) is 17.3 Å². The number of aromatic nitrogens is 1. The first-order valence-corrected chi connectivity index (χ1v) is 7.47. The Kier molecular flexibility index (Phi) is 6.26. The van der Waals surface area contributed by atoms with Gasteiger partial charge in [0.05, 0.1) is 22.4 Å². The first-order chi connectivity index (χ1) is 8.04. The molecule has 1 aromatic rings. The summed E-state index contributed by atoms with van der Waals surface area (Å²) in [6.07, 6.45) is 4.12. The number of amides is 1. The predicted octanol–water partition coefficient (Wildman–Crippen LogP) is 2.52. The maximum atomic E-state index is 11.7. The highest BCUT2D eigenvalue weighted by Gasteiger charge is 2.13. The highest BCUT2D eigenvalue weighted by molar-refractivity contribution is 9.10. The lowest BCUT2D eigenvalue weighted by Gasteiger charge is -2.11. The topological polar surface area (TPSA) is 68.0 Å². The summed E-state index contributed by atoms with van der Waals surface area (Å²) >= 11 is 10.6. The van der Waals surface area contributed by atoms with Crippen LogP contribution in [0.4, 0.5) is 5.69 Å². The summed E-state index contributed by atoms with van der Waals surface area (Å²) in [5.74, 6) is 0.645. The van der Waals surface area contributed by atoms with Gasteiger partial charge in [-0.05, 0) is 40.4 Å². The Morgan fingerprint density at radius 3 is 3.06 bits per heavy atom. The van der Waals surface area contributed by atoms with Crippen LogP contribution in [-0.4, -0.2) is 28.9 Å². The van der Waals surface area contributed by atoms with Gasteiger partial charge in [-0.2, -0.15) is 11.8 Å². The molecule has 0 fully saturated rings. The summed E-state index contributed by atoms with van der Waals surface area (Å²) in [5, 5.41) is 3.05. The van der Waals surface area contributed by atoms with Crippen LogP contribution in [0.5, 0.6) is 0 Å². The lowest BCUT2D eigenvalue weighted by molar-refractivity contribution is -0.117. The number of nitrogens with one attached hydrogen (secondary N) is 1. The number of pyridine rings is 1. The molecule has 0 aliphatic carbocycles. The van der Waals surface area contributed by atoms with Crippen molar-refractivity contribution >= 4 is 50.9 Å². The van der Waals surface area contributed by atoms with Crippen LogP contribution in [0.15, 0.2) is 16.7 Å². The van der Waals surface area contributed by atoms with E-state index in [1.54, 1.807) is 17.8 Å². The van der Waals surface area contributed by atoms with Crippen LogP contribution in [0.1, 0.15) is 6.42 Å². The second-order valence-electron chi connectivity index (χ2n) is 3.37. The average molecular weight is 339 g/mol. The first kappa shape index (κ1) is 14.8. The van der Waals surface area contributed by atoms with Crippen molar-refractivity contribution in [2.24, 2.45) is 5.73 Å². The Morgan fingerprint density at radius 1 is 1.76 bits per heavy atom. The van der Waals surface area contributed by atoms with Crippen molar-refractivity contribution in [1.29, 1.82) is 0 Å². The van der Waals surface area contributed by atoms with Crippen molar-refractivity contribution in [3.8, 4) is 0 Å². The number of carbonyl (C=O) groups excluding carboxylic acids is 1. The summed E-state index contributed by atoms with van der Waals surface area (Å²) in [6.45, 7) is 0. The van der Waals surface area contributed by atoms with Gasteiger partial charge in [-0.15, -0.1) is 0 Å². The Hall–Kier alpha value is -0.300. The third-order valence-electron chi connectivity index (χ3n) is 2.03. The molecule has 3 N–H and O–H groups in total. The fourth-order valence-electron chi connectivity index (χ4n) is 1.10. The van der Waals surface area contributed by atoms with Gasteiger partial charge < -0.3 is 11.1 Å². The molecule has 0 aliphatic rings. The van der Waals surface area contributed by atoms with Crippen LogP contribution in [0, 0.1) is 0 Å². The Morgan fingerprint density at radius 2 is 2.47 bits per heavy atom. The zero-order valence-corrected chi connectivity index (χ0v) is 12.4. The van der Waals surface area contributed by atoms with Crippen LogP contribution < -0.4 is 11.1 Å². The number of hydrogen-bond acceptors (Lipinski definition) is 4. The molecule has 1 rings (SSSR count).